The number of guanidine groups is 1. The highest BCUT2D eigenvalue weighted by molar-refractivity contribution is 14.0. The van der Waals surface area contributed by atoms with Crippen LogP contribution in [-0.2, 0) is 13.1 Å². The zero-order valence-electron chi connectivity index (χ0n) is 17.5. The zero-order chi connectivity index (χ0) is 22.1. The van der Waals surface area contributed by atoms with Gasteiger partial charge in [0.25, 0.3) is 5.91 Å². The van der Waals surface area contributed by atoms with Crippen molar-refractivity contribution >= 4 is 35.8 Å². The molecule has 10 heteroatoms. The van der Waals surface area contributed by atoms with Crippen LogP contribution in [0, 0.1) is 0 Å². The van der Waals surface area contributed by atoms with E-state index in [-0.39, 0.29) is 35.6 Å². The number of carbonyl (C=O) groups is 1. The van der Waals surface area contributed by atoms with Gasteiger partial charge in [0.2, 0.25) is 0 Å². The van der Waals surface area contributed by atoms with E-state index in [1.54, 1.807) is 51.5 Å². The van der Waals surface area contributed by atoms with E-state index in [4.69, 9.17) is 4.74 Å². The first-order valence-electron chi connectivity index (χ1n) is 9.21. The fourth-order valence-corrected chi connectivity index (χ4v) is 2.53. The number of nitrogens with zero attached hydrogens (tertiary/aromatic N) is 2. The summed E-state index contributed by atoms with van der Waals surface area (Å²) in [6.07, 6.45) is -4.38. The standard InChI is InChI=1S/C21H25F3N4O2.HI/c1-25-20(26-12-15-7-9-17(10-8-15)19(29)28(2)3)27-13-16-5-4-6-18(11-16)30-14-21(22,23)24;/h4-11H,12-14H2,1-3H3,(H2,25,26,27);1H. The van der Waals surface area contributed by atoms with Gasteiger partial charge in [-0.1, -0.05) is 24.3 Å². The average molecular weight is 550 g/mol. The minimum Gasteiger partial charge on any atom is -0.484 e. The minimum atomic E-state index is -4.38. The number of aliphatic imine (C=N–C) groups is 1. The molecule has 0 aromatic heterocycles. The second-order valence-electron chi connectivity index (χ2n) is 6.73. The molecule has 170 valence electrons. The number of alkyl halides is 3. The molecule has 0 saturated heterocycles. The van der Waals surface area contributed by atoms with Crippen LogP contribution in [0.2, 0.25) is 0 Å². The summed E-state index contributed by atoms with van der Waals surface area (Å²) in [5.41, 5.74) is 2.33. The Morgan fingerprint density at radius 1 is 1.03 bits per heavy atom. The van der Waals surface area contributed by atoms with Crippen molar-refractivity contribution in [2.75, 3.05) is 27.7 Å². The van der Waals surface area contributed by atoms with Crippen molar-refractivity contribution in [3.05, 3.63) is 65.2 Å². The van der Waals surface area contributed by atoms with Gasteiger partial charge in [-0.05, 0) is 35.4 Å². The van der Waals surface area contributed by atoms with Crippen molar-refractivity contribution in [1.82, 2.24) is 15.5 Å². The normalized spacial score (nSPS) is 11.4. The van der Waals surface area contributed by atoms with Gasteiger partial charge in [0.15, 0.2) is 12.6 Å². The van der Waals surface area contributed by atoms with Crippen molar-refractivity contribution in [2.24, 2.45) is 4.99 Å². The SMILES string of the molecule is CN=C(NCc1ccc(C(=O)N(C)C)cc1)NCc1cccc(OCC(F)(F)F)c1.I. The van der Waals surface area contributed by atoms with Crippen LogP contribution in [0.3, 0.4) is 0 Å². The van der Waals surface area contributed by atoms with Crippen LogP contribution in [0.25, 0.3) is 0 Å². The third-order valence-electron chi connectivity index (χ3n) is 4.05. The fourth-order valence-electron chi connectivity index (χ4n) is 2.53. The summed E-state index contributed by atoms with van der Waals surface area (Å²) >= 11 is 0. The predicted molar refractivity (Wildman–Crippen MR) is 125 cm³/mol. The van der Waals surface area contributed by atoms with Crippen LogP contribution in [0.1, 0.15) is 21.5 Å². The van der Waals surface area contributed by atoms with Crippen LogP contribution >= 0.6 is 24.0 Å². The molecule has 0 heterocycles. The maximum atomic E-state index is 12.3. The van der Waals surface area contributed by atoms with Crippen LogP contribution in [0.15, 0.2) is 53.5 Å². The first-order chi connectivity index (χ1) is 14.2. The number of nitrogens with one attached hydrogen (secondary N) is 2. The molecule has 6 nitrogen and oxygen atoms in total. The highest BCUT2D eigenvalue weighted by atomic mass is 127. The summed E-state index contributed by atoms with van der Waals surface area (Å²) < 4.78 is 41.6. The van der Waals surface area contributed by atoms with Gasteiger partial charge in [-0.25, -0.2) is 0 Å². The van der Waals surface area contributed by atoms with E-state index < -0.39 is 12.8 Å². The van der Waals surface area contributed by atoms with Gasteiger partial charge in [-0.3, -0.25) is 9.79 Å². The summed E-state index contributed by atoms with van der Waals surface area (Å²) in [6, 6.07) is 13.7. The molecule has 0 atom stereocenters. The molecular weight excluding hydrogens is 524 g/mol. The average Bonchev–Trinajstić information content (AvgIpc) is 2.72. The van der Waals surface area contributed by atoms with E-state index in [0.29, 0.717) is 24.6 Å². The molecule has 0 spiro atoms. The van der Waals surface area contributed by atoms with Gasteiger partial charge in [0.1, 0.15) is 5.75 Å². The van der Waals surface area contributed by atoms with E-state index in [2.05, 4.69) is 15.6 Å². The third-order valence-corrected chi connectivity index (χ3v) is 4.05. The predicted octanol–water partition coefficient (Wildman–Crippen LogP) is 3.81. The first kappa shape index (κ1) is 26.5. The van der Waals surface area contributed by atoms with Crippen molar-refractivity contribution in [2.45, 2.75) is 19.3 Å². The number of halogens is 4. The molecule has 2 aromatic rings. The fraction of sp³-hybridized carbons (Fsp3) is 0.333. The lowest BCUT2D eigenvalue weighted by Crippen LogP contribution is -2.36. The van der Waals surface area contributed by atoms with E-state index in [1.807, 2.05) is 12.1 Å². The Bertz CT molecular complexity index is 872. The number of hydrogen-bond donors (Lipinski definition) is 2. The number of carbonyl (C=O) groups excluding carboxylic acids is 1. The quantitative estimate of drug-likeness (QED) is 0.313. The lowest BCUT2D eigenvalue weighted by atomic mass is 10.1. The second kappa shape index (κ2) is 12.4. The van der Waals surface area contributed by atoms with E-state index >= 15 is 0 Å². The van der Waals surface area contributed by atoms with Gasteiger partial charge in [0.05, 0.1) is 0 Å². The Kier molecular flexibility index (Phi) is 10.6. The molecule has 2 N–H and O–H groups in total. The van der Waals surface area contributed by atoms with Gasteiger partial charge in [-0.2, -0.15) is 13.2 Å². The molecule has 0 bridgehead atoms. The van der Waals surface area contributed by atoms with E-state index in [9.17, 15) is 18.0 Å². The molecule has 2 aromatic carbocycles. The van der Waals surface area contributed by atoms with Gasteiger partial charge >= 0.3 is 6.18 Å². The molecule has 0 fully saturated rings. The number of rotatable bonds is 7. The maximum absolute atomic E-state index is 12.3. The Balaban J connectivity index is 0.00000480. The summed E-state index contributed by atoms with van der Waals surface area (Å²) in [5.74, 6) is 0.625. The molecule has 0 saturated carbocycles. The third kappa shape index (κ3) is 9.45. The second-order valence-corrected chi connectivity index (χ2v) is 6.73. The Morgan fingerprint density at radius 2 is 1.65 bits per heavy atom. The lowest BCUT2D eigenvalue weighted by Gasteiger charge is -2.14. The van der Waals surface area contributed by atoms with Crippen LogP contribution in [0.5, 0.6) is 5.75 Å². The summed E-state index contributed by atoms with van der Waals surface area (Å²) in [7, 11) is 5.02. The van der Waals surface area contributed by atoms with Gasteiger partial charge in [-0.15, -0.1) is 24.0 Å². The lowest BCUT2D eigenvalue weighted by molar-refractivity contribution is -0.153. The van der Waals surface area contributed by atoms with Crippen LogP contribution in [-0.4, -0.2) is 50.7 Å². The molecular formula is C21H26F3IN4O2. The smallest absolute Gasteiger partial charge is 0.422 e. The van der Waals surface area contributed by atoms with Crippen molar-refractivity contribution in [1.29, 1.82) is 0 Å². The molecule has 31 heavy (non-hydrogen) atoms. The molecule has 0 unspecified atom stereocenters. The van der Waals surface area contributed by atoms with Crippen molar-refractivity contribution in [3.8, 4) is 5.75 Å². The van der Waals surface area contributed by atoms with E-state index in [0.717, 1.165) is 11.1 Å². The largest absolute Gasteiger partial charge is 0.484 e. The van der Waals surface area contributed by atoms with E-state index in [1.165, 1.54) is 11.0 Å². The van der Waals surface area contributed by atoms with Gasteiger partial charge < -0.3 is 20.3 Å². The Labute approximate surface area is 196 Å². The molecule has 0 aliphatic heterocycles. The topological polar surface area (TPSA) is 66.0 Å². The highest BCUT2D eigenvalue weighted by Crippen LogP contribution is 2.19. The number of benzene rings is 2. The number of hydrogen-bond acceptors (Lipinski definition) is 3. The number of amides is 1. The first-order valence-corrected chi connectivity index (χ1v) is 9.21. The summed E-state index contributed by atoms with van der Waals surface area (Å²) in [4.78, 5) is 17.6. The van der Waals surface area contributed by atoms with Crippen molar-refractivity contribution in [3.63, 3.8) is 0 Å². The van der Waals surface area contributed by atoms with Crippen LogP contribution in [0.4, 0.5) is 13.2 Å². The van der Waals surface area contributed by atoms with Gasteiger partial charge in [0, 0.05) is 39.8 Å². The Morgan fingerprint density at radius 3 is 2.19 bits per heavy atom. The summed E-state index contributed by atoms with van der Waals surface area (Å²) in [5, 5.41) is 6.25. The minimum absolute atomic E-state index is 0. The van der Waals surface area contributed by atoms with Crippen molar-refractivity contribution < 1.29 is 22.7 Å². The molecule has 1 amide bonds. The highest BCUT2D eigenvalue weighted by Gasteiger charge is 2.28. The molecule has 2 rings (SSSR count). The monoisotopic (exact) mass is 550 g/mol. The molecule has 0 aliphatic carbocycles. The maximum Gasteiger partial charge on any atom is 0.422 e. The Hall–Kier alpha value is -2.50. The zero-order valence-corrected chi connectivity index (χ0v) is 19.8. The molecule has 0 aliphatic rings. The number of ether oxygens (including phenoxy) is 1. The molecule has 0 radical (unpaired) electrons. The summed E-state index contributed by atoms with van der Waals surface area (Å²) in [6.45, 7) is -0.476. The van der Waals surface area contributed by atoms with Crippen LogP contribution < -0.4 is 15.4 Å².